The van der Waals surface area contributed by atoms with Crippen molar-refractivity contribution in [2.75, 3.05) is 7.05 Å². The monoisotopic (exact) mass is 219 g/mol. The van der Waals surface area contributed by atoms with Gasteiger partial charge in [0, 0.05) is 6.04 Å². The van der Waals surface area contributed by atoms with E-state index >= 15 is 0 Å². The third kappa shape index (κ3) is 2.30. The molecule has 16 heavy (non-hydrogen) atoms. The molecule has 0 saturated carbocycles. The van der Waals surface area contributed by atoms with Gasteiger partial charge in [-0.05, 0) is 68.5 Å². The van der Waals surface area contributed by atoms with Crippen LogP contribution in [0.5, 0.6) is 0 Å². The molecule has 90 valence electrons. The van der Waals surface area contributed by atoms with Gasteiger partial charge in [-0.2, -0.15) is 0 Å². The minimum Gasteiger partial charge on any atom is -0.313 e. The number of hydrogen-bond acceptors (Lipinski definition) is 1. The molecule has 0 saturated heterocycles. The van der Waals surface area contributed by atoms with E-state index in [1.54, 1.807) is 0 Å². The van der Waals surface area contributed by atoms with Crippen LogP contribution < -0.4 is 5.32 Å². The van der Waals surface area contributed by atoms with E-state index in [9.17, 15) is 0 Å². The van der Waals surface area contributed by atoms with Crippen LogP contribution in [0.4, 0.5) is 0 Å². The first-order valence-electron chi connectivity index (χ1n) is 6.14. The van der Waals surface area contributed by atoms with Gasteiger partial charge < -0.3 is 5.32 Å². The molecule has 1 nitrogen and oxygen atoms in total. The summed E-state index contributed by atoms with van der Waals surface area (Å²) < 4.78 is 0. The summed E-state index contributed by atoms with van der Waals surface area (Å²) in [4.78, 5) is 0. The standard InChI is InChI=1S/C15H25N/c1-9(2)15(16-7)14-12(5)10(3)8-11(4)13(14)6/h8-9,15-16H,1-7H3. The SMILES string of the molecule is CNC(c1c(C)c(C)cc(C)c1C)C(C)C. The van der Waals surface area contributed by atoms with Crippen LogP contribution in [-0.4, -0.2) is 7.05 Å². The van der Waals surface area contributed by atoms with Gasteiger partial charge in [0.05, 0.1) is 0 Å². The van der Waals surface area contributed by atoms with Crippen molar-refractivity contribution in [1.82, 2.24) is 5.32 Å². The maximum Gasteiger partial charge on any atom is 0.0346 e. The van der Waals surface area contributed by atoms with Gasteiger partial charge in [0.1, 0.15) is 0 Å². The minimum absolute atomic E-state index is 0.457. The summed E-state index contributed by atoms with van der Waals surface area (Å²) in [6.07, 6.45) is 0. The molecule has 1 aromatic rings. The van der Waals surface area contributed by atoms with E-state index < -0.39 is 0 Å². The van der Waals surface area contributed by atoms with Crippen LogP contribution in [0.2, 0.25) is 0 Å². The zero-order valence-corrected chi connectivity index (χ0v) is 11.7. The van der Waals surface area contributed by atoms with Gasteiger partial charge in [-0.15, -0.1) is 0 Å². The maximum atomic E-state index is 3.45. The molecule has 1 unspecified atom stereocenters. The molecule has 0 bridgehead atoms. The van der Waals surface area contributed by atoms with E-state index in [1.165, 1.54) is 27.8 Å². The Balaban J connectivity index is 3.41. The van der Waals surface area contributed by atoms with Crippen molar-refractivity contribution in [2.45, 2.75) is 47.6 Å². The van der Waals surface area contributed by atoms with Crippen LogP contribution in [0.1, 0.15) is 47.7 Å². The molecular formula is C15H25N. The number of nitrogens with one attached hydrogen (secondary N) is 1. The topological polar surface area (TPSA) is 12.0 Å². The average Bonchev–Trinajstić information content (AvgIpc) is 2.21. The fraction of sp³-hybridized carbons (Fsp3) is 0.600. The molecule has 1 aromatic carbocycles. The fourth-order valence-corrected chi connectivity index (χ4v) is 2.52. The molecule has 0 heterocycles. The predicted molar refractivity (Wildman–Crippen MR) is 72.0 cm³/mol. The lowest BCUT2D eigenvalue weighted by Crippen LogP contribution is -2.24. The molecule has 1 rings (SSSR count). The number of benzene rings is 1. The van der Waals surface area contributed by atoms with Gasteiger partial charge in [-0.3, -0.25) is 0 Å². The molecule has 0 aliphatic rings. The highest BCUT2D eigenvalue weighted by Crippen LogP contribution is 2.31. The van der Waals surface area contributed by atoms with Gasteiger partial charge in [-0.1, -0.05) is 19.9 Å². The van der Waals surface area contributed by atoms with Crippen LogP contribution in [0, 0.1) is 33.6 Å². The Labute approximate surface area is 100 Å². The third-order valence-electron chi connectivity index (χ3n) is 3.71. The van der Waals surface area contributed by atoms with E-state index in [0.717, 1.165) is 0 Å². The van der Waals surface area contributed by atoms with Crippen molar-refractivity contribution in [3.63, 3.8) is 0 Å². The lowest BCUT2D eigenvalue weighted by Gasteiger charge is -2.26. The molecule has 0 aromatic heterocycles. The van der Waals surface area contributed by atoms with Crippen LogP contribution in [0.15, 0.2) is 6.07 Å². The number of rotatable bonds is 3. The van der Waals surface area contributed by atoms with Crippen LogP contribution >= 0.6 is 0 Å². The van der Waals surface area contributed by atoms with Gasteiger partial charge in [0.25, 0.3) is 0 Å². The first-order valence-corrected chi connectivity index (χ1v) is 6.14. The van der Waals surface area contributed by atoms with Gasteiger partial charge >= 0.3 is 0 Å². The van der Waals surface area contributed by atoms with Crippen LogP contribution in [0.25, 0.3) is 0 Å². The Morgan fingerprint density at radius 2 is 1.38 bits per heavy atom. The summed E-state index contributed by atoms with van der Waals surface area (Å²) in [5, 5.41) is 3.45. The second kappa shape index (κ2) is 5.01. The summed E-state index contributed by atoms with van der Waals surface area (Å²) in [5.41, 5.74) is 7.18. The summed E-state index contributed by atoms with van der Waals surface area (Å²) in [6.45, 7) is 13.4. The number of hydrogen-bond donors (Lipinski definition) is 1. The second-order valence-corrected chi connectivity index (χ2v) is 5.18. The second-order valence-electron chi connectivity index (χ2n) is 5.18. The summed E-state index contributed by atoms with van der Waals surface area (Å²) in [7, 11) is 2.06. The van der Waals surface area contributed by atoms with E-state index in [4.69, 9.17) is 0 Å². The number of aryl methyl sites for hydroxylation is 2. The molecule has 0 spiro atoms. The van der Waals surface area contributed by atoms with E-state index in [0.29, 0.717) is 12.0 Å². The zero-order valence-electron chi connectivity index (χ0n) is 11.7. The van der Waals surface area contributed by atoms with E-state index in [1.807, 2.05) is 0 Å². The Hall–Kier alpha value is -0.820. The van der Waals surface area contributed by atoms with E-state index in [-0.39, 0.29) is 0 Å². The summed E-state index contributed by atoms with van der Waals surface area (Å²) >= 11 is 0. The lowest BCUT2D eigenvalue weighted by molar-refractivity contribution is 0.439. The third-order valence-corrected chi connectivity index (χ3v) is 3.71. The highest BCUT2D eigenvalue weighted by atomic mass is 14.9. The molecule has 0 radical (unpaired) electrons. The van der Waals surface area contributed by atoms with Gasteiger partial charge in [0.2, 0.25) is 0 Å². The highest BCUT2D eigenvalue weighted by Gasteiger charge is 2.19. The smallest absolute Gasteiger partial charge is 0.0346 e. The summed E-state index contributed by atoms with van der Waals surface area (Å²) in [5.74, 6) is 0.614. The first kappa shape index (κ1) is 13.2. The minimum atomic E-state index is 0.457. The predicted octanol–water partition coefficient (Wildman–Crippen LogP) is 3.84. The van der Waals surface area contributed by atoms with Crippen molar-refractivity contribution in [3.8, 4) is 0 Å². The van der Waals surface area contributed by atoms with Crippen LogP contribution in [0.3, 0.4) is 0 Å². The summed E-state index contributed by atoms with van der Waals surface area (Å²) in [6, 6.07) is 2.75. The largest absolute Gasteiger partial charge is 0.313 e. The Bertz CT molecular complexity index is 351. The highest BCUT2D eigenvalue weighted by molar-refractivity contribution is 5.45. The van der Waals surface area contributed by atoms with Crippen molar-refractivity contribution in [1.29, 1.82) is 0 Å². The van der Waals surface area contributed by atoms with Crippen molar-refractivity contribution in [3.05, 3.63) is 33.9 Å². The molecule has 0 aliphatic carbocycles. The molecular weight excluding hydrogens is 194 g/mol. The Morgan fingerprint density at radius 3 is 1.69 bits per heavy atom. The molecule has 0 fully saturated rings. The molecule has 0 aliphatic heterocycles. The van der Waals surface area contributed by atoms with E-state index in [2.05, 4.69) is 60.0 Å². The Morgan fingerprint density at radius 1 is 0.938 bits per heavy atom. The average molecular weight is 219 g/mol. The molecule has 0 amide bonds. The Kier molecular flexibility index (Phi) is 4.15. The molecule has 1 atom stereocenters. The van der Waals surface area contributed by atoms with Gasteiger partial charge in [-0.25, -0.2) is 0 Å². The van der Waals surface area contributed by atoms with Gasteiger partial charge in [0.15, 0.2) is 0 Å². The van der Waals surface area contributed by atoms with Crippen molar-refractivity contribution in [2.24, 2.45) is 5.92 Å². The molecule has 1 heteroatoms. The van der Waals surface area contributed by atoms with Crippen LogP contribution in [-0.2, 0) is 0 Å². The quantitative estimate of drug-likeness (QED) is 0.814. The lowest BCUT2D eigenvalue weighted by atomic mass is 9.85. The first-order chi connectivity index (χ1) is 7.40. The normalized spacial score (nSPS) is 13.2. The van der Waals surface area contributed by atoms with Crippen molar-refractivity contribution >= 4 is 0 Å². The molecule has 1 N–H and O–H groups in total. The van der Waals surface area contributed by atoms with Crippen molar-refractivity contribution < 1.29 is 0 Å². The fourth-order valence-electron chi connectivity index (χ4n) is 2.52. The maximum absolute atomic E-state index is 3.45. The zero-order chi connectivity index (χ0) is 12.5.